The van der Waals surface area contributed by atoms with E-state index in [0.29, 0.717) is 25.7 Å². The molecule has 10 nitrogen and oxygen atoms in total. The third-order valence-corrected chi connectivity index (χ3v) is 13.0. The van der Waals surface area contributed by atoms with Crippen LogP contribution in [0.5, 0.6) is 0 Å². The molecule has 0 aliphatic carbocycles. The van der Waals surface area contributed by atoms with Crippen LogP contribution in [-0.2, 0) is 28.6 Å². The van der Waals surface area contributed by atoms with Crippen molar-refractivity contribution in [2.45, 2.75) is 163 Å². The molecule has 17 atom stereocenters. The van der Waals surface area contributed by atoms with Crippen LogP contribution in [0.3, 0.4) is 0 Å². The third kappa shape index (κ3) is 10.8. The second kappa shape index (κ2) is 19.1. The first-order valence-electron chi connectivity index (χ1n) is 20.1. The second-order valence-electron chi connectivity index (χ2n) is 17.1. The molecule has 10 heteroatoms. The van der Waals surface area contributed by atoms with Gasteiger partial charge >= 0.3 is 5.97 Å². The van der Waals surface area contributed by atoms with Gasteiger partial charge in [-0.25, -0.2) is 4.79 Å². The molecule has 0 radical (unpaired) electrons. The van der Waals surface area contributed by atoms with Gasteiger partial charge in [-0.05, 0) is 63.7 Å². The van der Waals surface area contributed by atoms with Crippen LogP contribution < -0.4 is 0 Å². The monoisotopic (exact) mass is 746 g/mol. The molecule has 1 spiro atoms. The first-order valence-corrected chi connectivity index (χ1v) is 20.1. The summed E-state index contributed by atoms with van der Waals surface area (Å²) in [4.78, 5) is 40.5. The molecule has 3 heterocycles. The molecule has 5 unspecified atom stereocenters. The number of ketones is 2. The van der Waals surface area contributed by atoms with Crippen molar-refractivity contribution < 1.29 is 49.0 Å². The molecule has 2 saturated heterocycles. The van der Waals surface area contributed by atoms with Gasteiger partial charge in [0.1, 0.15) is 17.5 Å². The Balaban J connectivity index is 2.02. The van der Waals surface area contributed by atoms with E-state index in [1.807, 2.05) is 32.1 Å². The van der Waals surface area contributed by atoms with Crippen molar-refractivity contribution in [3.8, 4) is 0 Å². The average molecular weight is 747 g/mol. The quantitative estimate of drug-likeness (QED) is 0.248. The molecule has 3 rings (SSSR count). The predicted molar refractivity (Wildman–Crippen MR) is 204 cm³/mol. The lowest BCUT2D eigenvalue weighted by Gasteiger charge is -2.55. The van der Waals surface area contributed by atoms with Gasteiger partial charge in [0, 0.05) is 48.0 Å². The van der Waals surface area contributed by atoms with E-state index in [4.69, 9.17) is 14.2 Å². The van der Waals surface area contributed by atoms with Gasteiger partial charge < -0.3 is 34.6 Å². The highest BCUT2D eigenvalue weighted by atomic mass is 16.7. The van der Waals surface area contributed by atoms with Crippen molar-refractivity contribution >= 4 is 17.5 Å². The van der Waals surface area contributed by atoms with Crippen LogP contribution in [0.1, 0.15) is 115 Å². The van der Waals surface area contributed by atoms with E-state index in [1.165, 1.54) is 32.9 Å². The number of hydrogen-bond donors (Lipinski definition) is 4. The Morgan fingerprint density at radius 1 is 0.906 bits per heavy atom. The maximum Gasteiger partial charge on any atom is 0.330 e. The van der Waals surface area contributed by atoms with Crippen LogP contribution in [0.15, 0.2) is 36.5 Å². The van der Waals surface area contributed by atoms with Crippen molar-refractivity contribution in [2.24, 2.45) is 53.3 Å². The highest BCUT2D eigenvalue weighted by Crippen LogP contribution is 2.49. The molecular formula is C43H70O10. The molecule has 0 aromatic carbocycles. The lowest BCUT2D eigenvalue weighted by atomic mass is 9.74. The van der Waals surface area contributed by atoms with E-state index in [2.05, 4.69) is 19.9 Å². The number of carbonyl (C=O) groups excluding carboxylic acids is 3. The smallest absolute Gasteiger partial charge is 0.330 e. The zero-order chi connectivity index (χ0) is 40.0. The van der Waals surface area contributed by atoms with Crippen LogP contribution in [0.25, 0.3) is 0 Å². The van der Waals surface area contributed by atoms with Crippen LogP contribution in [0, 0.1) is 53.3 Å². The lowest BCUT2D eigenvalue weighted by Crippen LogP contribution is -2.62. The summed E-state index contributed by atoms with van der Waals surface area (Å²) in [6.45, 7) is 19.6. The minimum Gasteiger partial charge on any atom is -0.458 e. The Kier molecular flexibility index (Phi) is 16.3. The topological polar surface area (TPSA) is 160 Å². The van der Waals surface area contributed by atoms with E-state index in [9.17, 15) is 34.8 Å². The highest BCUT2D eigenvalue weighted by molar-refractivity contribution is 5.91. The Bertz CT molecular complexity index is 1320. The van der Waals surface area contributed by atoms with Crippen LogP contribution in [0.2, 0.25) is 0 Å². The summed E-state index contributed by atoms with van der Waals surface area (Å²) < 4.78 is 20.0. The largest absolute Gasteiger partial charge is 0.458 e. The first-order chi connectivity index (χ1) is 24.7. The summed E-state index contributed by atoms with van der Waals surface area (Å²) in [5.41, 5.74) is -1.75. The zero-order valence-corrected chi connectivity index (χ0v) is 34.1. The van der Waals surface area contributed by atoms with Gasteiger partial charge in [0.2, 0.25) is 0 Å². The van der Waals surface area contributed by atoms with Gasteiger partial charge in [-0.2, -0.15) is 0 Å². The summed E-state index contributed by atoms with van der Waals surface area (Å²) in [5, 5.41) is 43.9. The SMILES string of the molecule is CCC1/C=C\C=C/C[C@H](C)[C@](C)(O)C(=O)[C@@H](C)[C@@H](O)[C@@H](C)C(=O)[C@H](C)[C@@H](O)[C@H](C)/C=C\C(=O)OC2[C@@H](C)C(C1)OC1(CC[C@@H](C)C(C[C@H](C)O)O1)[C@@H]2C. The van der Waals surface area contributed by atoms with Crippen LogP contribution >= 0.6 is 0 Å². The van der Waals surface area contributed by atoms with E-state index >= 15 is 0 Å². The van der Waals surface area contributed by atoms with Gasteiger partial charge in [-0.15, -0.1) is 0 Å². The molecule has 0 aromatic rings. The van der Waals surface area contributed by atoms with Crippen LogP contribution in [-0.4, -0.2) is 86.0 Å². The van der Waals surface area contributed by atoms with E-state index in [0.717, 1.165) is 12.8 Å². The average Bonchev–Trinajstić information content (AvgIpc) is 3.12. The number of fused-ring (bicyclic) bond motifs is 2. The molecular weight excluding hydrogens is 676 g/mol. The molecule has 2 bridgehead atoms. The molecule has 4 N–H and O–H groups in total. The Morgan fingerprint density at radius 2 is 1.55 bits per heavy atom. The molecule has 3 aliphatic heterocycles. The van der Waals surface area contributed by atoms with E-state index in [1.54, 1.807) is 27.7 Å². The van der Waals surface area contributed by atoms with E-state index < -0.39 is 82.9 Å². The number of hydrogen-bond acceptors (Lipinski definition) is 10. The van der Waals surface area contributed by atoms with Crippen molar-refractivity contribution in [1.82, 2.24) is 0 Å². The Labute approximate surface area is 318 Å². The van der Waals surface area contributed by atoms with Crippen molar-refractivity contribution in [3.05, 3.63) is 36.5 Å². The molecule has 0 amide bonds. The molecule has 2 fully saturated rings. The molecule has 53 heavy (non-hydrogen) atoms. The summed E-state index contributed by atoms with van der Waals surface area (Å²) in [6, 6.07) is 0. The number of rotatable bonds is 3. The molecule has 0 saturated carbocycles. The molecule has 3 aliphatic rings. The van der Waals surface area contributed by atoms with Gasteiger partial charge in [-0.3, -0.25) is 9.59 Å². The number of aliphatic hydroxyl groups excluding tert-OH is 3. The fourth-order valence-corrected chi connectivity index (χ4v) is 8.45. The number of allylic oxidation sites excluding steroid dienone is 4. The highest BCUT2D eigenvalue weighted by Gasteiger charge is 2.56. The fraction of sp³-hybridized carbons (Fsp3) is 0.791. The Hall–Kier alpha value is -2.21. The zero-order valence-electron chi connectivity index (χ0n) is 34.1. The van der Waals surface area contributed by atoms with Crippen LogP contribution in [0.4, 0.5) is 0 Å². The first kappa shape index (κ1) is 45.2. The van der Waals surface area contributed by atoms with E-state index in [-0.39, 0.29) is 35.9 Å². The maximum atomic E-state index is 13.5. The number of Topliss-reactive ketones (excluding diaryl/α,β-unsaturated/α-hetero) is 2. The second-order valence-corrected chi connectivity index (χ2v) is 17.1. The van der Waals surface area contributed by atoms with Gasteiger partial charge in [-0.1, -0.05) is 92.7 Å². The van der Waals surface area contributed by atoms with Gasteiger partial charge in [0.15, 0.2) is 11.6 Å². The lowest BCUT2D eigenvalue weighted by molar-refractivity contribution is -0.371. The summed E-state index contributed by atoms with van der Waals surface area (Å²) in [6.07, 6.45) is 10.4. The van der Waals surface area contributed by atoms with Crippen molar-refractivity contribution in [3.63, 3.8) is 0 Å². The van der Waals surface area contributed by atoms with Crippen molar-refractivity contribution in [1.29, 1.82) is 0 Å². The number of esters is 1. The normalized spacial score (nSPS) is 46.9. The van der Waals surface area contributed by atoms with Gasteiger partial charge in [0.25, 0.3) is 0 Å². The Morgan fingerprint density at radius 3 is 2.17 bits per heavy atom. The predicted octanol–water partition coefficient (Wildman–Crippen LogP) is 6.13. The maximum absolute atomic E-state index is 13.5. The summed E-state index contributed by atoms with van der Waals surface area (Å²) in [5.74, 6) is -6.70. The minimum atomic E-state index is -1.75. The summed E-state index contributed by atoms with van der Waals surface area (Å²) >= 11 is 0. The number of ether oxygens (including phenoxy) is 3. The molecule has 302 valence electrons. The third-order valence-electron chi connectivity index (χ3n) is 13.0. The number of aliphatic hydroxyl groups is 4. The fourth-order valence-electron chi connectivity index (χ4n) is 8.45. The molecule has 0 aromatic heterocycles. The van der Waals surface area contributed by atoms with Crippen molar-refractivity contribution in [2.75, 3.05) is 0 Å². The minimum absolute atomic E-state index is 0.133. The van der Waals surface area contributed by atoms with Gasteiger partial charge in [0.05, 0.1) is 30.5 Å². The summed E-state index contributed by atoms with van der Waals surface area (Å²) in [7, 11) is 0. The standard InChI is InChI=1S/C43H70O10/c1-12-33-17-15-13-14-16-26(4)42(11,50)41(49)31(9)39(48)30(8)38(47)29(7)37(46)25(3)18-19-36(45)51-40-28(6)35(23-33)53-43(32(40)10)21-20-24(2)34(52-43)22-27(5)44/h13-15,17-19,24-35,37,39-40,44,46,48,50H,12,16,20-23H2,1-11H3/b14-13-,17-15-,19-18-/t24-,25-,26+,27+,28+,29-,30+,31+,32-,33?,34?,35?,37+,39+,40?,42+,43?/m1/s1. The number of carbonyl (C=O) groups is 3.